The summed E-state index contributed by atoms with van der Waals surface area (Å²) in [7, 11) is 1.57. The molecule has 4 aromatic rings. The van der Waals surface area contributed by atoms with Crippen LogP contribution in [0.2, 0.25) is 0 Å². The van der Waals surface area contributed by atoms with Gasteiger partial charge in [0.1, 0.15) is 17.1 Å². The van der Waals surface area contributed by atoms with Gasteiger partial charge in [-0.05, 0) is 29.8 Å². The fraction of sp³-hybridized carbons (Fsp3) is 0.0870. The van der Waals surface area contributed by atoms with E-state index in [1.807, 2.05) is 48.5 Å². The van der Waals surface area contributed by atoms with Crippen molar-refractivity contribution in [2.75, 3.05) is 7.11 Å². The third-order valence-corrected chi connectivity index (χ3v) is 4.69. The van der Waals surface area contributed by atoms with Gasteiger partial charge >= 0.3 is 0 Å². The SMILES string of the molecule is COc1ccccc1-c1nn(Cc2ccccc2)cc1C(=O)NNC(=O)c1ccc[nH]1. The summed E-state index contributed by atoms with van der Waals surface area (Å²) < 4.78 is 7.15. The van der Waals surface area contributed by atoms with E-state index in [9.17, 15) is 9.59 Å². The zero-order valence-electron chi connectivity index (χ0n) is 16.8. The van der Waals surface area contributed by atoms with Crippen molar-refractivity contribution < 1.29 is 14.3 Å². The number of hydrogen-bond donors (Lipinski definition) is 3. The Kier molecular flexibility index (Phi) is 5.79. The second-order valence-electron chi connectivity index (χ2n) is 6.77. The first-order chi connectivity index (χ1) is 15.2. The lowest BCUT2D eigenvalue weighted by Crippen LogP contribution is -2.41. The predicted molar refractivity (Wildman–Crippen MR) is 115 cm³/mol. The molecule has 3 N–H and O–H groups in total. The van der Waals surface area contributed by atoms with E-state index < -0.39 is 11.8 Å². The zero-order chi connectivity index (χ0) is 21.6. The lowest BCUT2D eigenvalue weighted by molar-refractivity contribution is 0.0844. The maximum atomic E-state index is 12.9. The minimum atomic E-state index is -0.486. The fourth-order valence-electron chi connectivity index (χ4n) is 3.20. The van der Waals surface area contributed by atoms with E-state index in [1.54, 1.807) is 42.4 Å². The van der Waals surface area contributed by atoms with Crippen molar-refractivity contribution in [2.45, 2.75) is 6.54 Å². The first-order valence-electron chi connectivity index (χ1n) is 9.64. The number of hydrazine groups is 1. The van der Waals surface area contributed by atoms with Crippen molar-refractivity contribution in [3.05, 3.63) is 95.9 Å². The van der Waals surface area contributed by atoms with Crippen molar-refractivity contribution in [3.8, 4) is 17.0 Å². The number of ether oxygens (including phenoxy) is 1. The number of amides is 2. The van der Waals surface area contributed by atoms with Gasteiger partial charge in [0, 0.05) is 18.0 Å². The Balaban J connectivity index is 1.64. The third kappa shape index (κ3) is 4.48. The summed E-state index contributed by atoms with van der Waals surface area (Å²) in [6.07, 6.45) is 3.29. The molecule has 0 aliphatic heterocycles. The normalized spacial score (nSPS) is 10.5. The summed E-state index contributed by atoms with van der Waals surface area (Å²) in [4.78, 5) is 27.9. The van der Waals surface area contributed by atoms with Crippen LogP contribution in [-0.4, -0.2) is 33.7 Å². The van der Waals surface area contributed by atoms with Gasteiger partial charge in [0.15, 0.2) is 0 Å². The molecule has 2 amide bonds. The second kappa shape index (κ2) is 9.00. The predicted octanol–water partition coefficient (Wildman–Crippen LogP) is 3.01. The molecule has 2 heterocycles. The smallest absolute Gasteiger partial charge is 0.286 e. The molecule has 2 aromatic carbocycles. The van der Waals surface area contributed by atoms with Crippen LogP contribution >= 0.6 is 0 Å². The molecule has 0 radical (unpaired) electrons. The van der Waals surface area contributed by atoms with Crippen LogP contribution in [0.4, 0.5) is 0 Å². The molecule has 8 nitrogen and oxygen atoms in total. The molecular formula is C23H21N5O3. The number of carbonyl (C=O) groups excluding carboxylic acids is 2. The lowest BCUT2D eigenvalue weighted by Gasteiger charge is -2.09. The summed E-state index contributed by atoms with van der Waals surface area (Å²) in [6, 6.07) is 20.5. The van der Waals surface area contributed by atoms with Crippen LogP contribution in [0.15, 0.2) is 79.1 Å². The largest absolute Gasteiger partial charge is 0.496 e. The Labute approximate surface area is 178 Å². The van der Waals surface area contributed by atoms with E-state index in [0.29, 0.717) is 34.8 Å². The number of methoxy groups -OCH3 is 1. The number of rotatable bonds is 6. The van der Waals surface area contributed by atoms with E-state index in [4.69, 9.17) is 4.74 Å². The van der Waals surface area contributed by atoms with Crippen LogP contribution in [-0.2, 0) is 6.54 Å². The van der Waals surface area contributed by atoms with Crippen molar-refractivity contribution in [3.63, 3.8) is 0 Å². The van der Waals surface area contributed by atoms with Gasteiger partial charge in [0.05, 0.1) is 19.2 Å². The average Bonchev–Trinajstić information content (AvgIpc) is 3.48. The van der Waals surface area contributed by atoms with Gasteiger partial charge in [-0.15, -0.1) is 0 Å². The quantitative estimate of drug-likeness (QED) is 0.422. The van der Waals surface area contributed by atoms with E-state index in [-0.39, 0.29) is 0 Å². The number of benzene rings is 2. The highest BCUT2D eigenvalue weighted by molar-refractivity contribution is 6.02. The van der Waals surface area contributed by atoms with Gasteiger partial charge in [-0.2, -0.15) is 5.10 Å². The van der Waals surface area contributed by atoms with Crippen molar-refractivity contribution in [1.82, 2.24) is 25.6 Å². The number of nitrogens with one attached hydrogen (secondary N) is 3. The molecule has 0 unspecified atom stereocenters. The number of hydrogen-bond acceptors (Lipinski definition) is 4. The van der Waals surface area contributed by atoms with Crippen molar-refractivity contribution in [1.29, 1.82) is 0 Å². The first-order valence-corrected chi connectivity index (χ1v) is 9.64. The highest BCUT2D eigenvalue weighted by atomic mass is 16.5. The maximum absolute atomic E-state index is 12.9. The monoisotopic (exact) mass is 415 g/mol. The Hall–Kier alpha value is -4.33. The molecule has 0 saturated heterocycles. The Morgan fingerprint density at radius 2 is 1.71 bits per heavy atom. The van der Waals surface area contributed by atoms with Crippen molar-refractivity contribution >= 4 is 11.8 Å². The maximum Gasteiger partial charge on any atom is 0.286 e. The van der Waals surface area contributed by atoms with Gasteiger partial charge in [-0.3, -0.25) is 25.1 Å². The minimum absolute atomic E-state index is 0.312. The van der Waals surface area contributed by atoms with Crippen molar-refractivity contribution in [2.24, 2.45) is 0 Å². The first kappa shape index (κ1) is 20.0. The Bertz CT molecular complexity index is 1180. The molecule has 0 aliphatic rings. The third-order valence-electron chi connectivity index (χ3n) is 4.69. The number of nitrogens with zero attached hydrogens (tertiary/aromatic N) is 2. The summed E-state index contributed by atoms with van der Waals surface area (Å²) in [5, 5.41) is 4.64. The second-order valence-corrected chi connectivity index (χ2v) is 6.77. The molecule has 156 valence electrons. The Morgan fingerprint density at radius 3 is 2.45 bits per heavy atom. The number of aromatic amines is 1. The van der Waals surface area contributed by atoms with Crippen LogP contribution in [0.3, 0.4) is 0 Å². The summed E-state index contributed by atoms with van der Waals surface area (Å²) >= 11 is 0. The molecule has 31 heavy (non-hydrogen) atoms. The summed E-state index contributed by atoms with van der Waals surface area (Å²) in [5.41, 5.74) is 7.70. The van der Waals surface area contributed by atoms with Gasteiger partial charge in [-0.1, -0.05) is 42.5 Å². The van der Waals surface area contributed by atoms with Crippen LogP contribution in [0.1, 0.15) is 26.4 Å². The van der Waals surface area contributed by atoms with E-state index in [2.05, 4.69) is 20.9 Å². The molecule has 0 fully saturated rings. The molecule has 0 saturated carbocycles. The molecule has 0 spiro atoms. The zero-order valence-corrected chi connectivity index (χ0v) is 16.8. The van der Waals surface area contributed by atoms with Gasteiger partial charge in [-0.25, -0.2) is 0 Å². The standard InChI is InChI=1S/C23H21N5O3/c1-31-20-12-6-5-10-17(20)21-18(15-28(27-21)14-16-8-3-2-4-9-16)22(29)25-26-23(30)19-11-7-13-24-19/h2-13,15,24H,14H2,1H3,(H,25,29)(H,26,30). The molecule has 0 aliphatic carbocycles. The van der Waals surface area contributed by atoms with Crippen LogP contribution in [0.25, 0.3) is 11.3 Å². The molecule has 0 bridgehead atoms. The molecule has 2 aromatic heterocycles. The molecule has 0 atom stereocenters. The van der Waals surface area contributed by atoms with Crippen LogP contribution in [0.5, 0.6) is 5.75 Å². The van der Waals surface area contributed by atoms with Crippen LogP contribution < -0.4 is 15.6 Å². The number of carbonyl (C=O) groups is 2. The number of H-pyrrole nitrogens is 1. The summed E-state index contributed by atoms with van der Waals surface area (Å²) in [6.45, 7) is 0.491. The van der Waals surface area contributed by atoms with Gasteiger partial charge in [0.25, 0.3) is 11.8 Å². The highest BCUT2D eigenvalue weighted by Crippen LogP contribution is 2.31. The van der Waals surface area contributed by atoms with Gasteiger partial charge < -0.3 is 9.72 Å². The fourth-order valence-corrected chi connectivity index (χ4v) is 3.20. The molecule has 8 heteroatoms. The lowest BCUT2D eigenvalue weighted by atomic mass is 10.1. The van der Waals surface area contributed by atoms with Crippen LogP contribution in [0, 0.1) is 0 Å². The van der Waals surface area contributed by atoms with Gasteiger partial charge in [0.2, 0.25) is 0 Å². The number of para-hydroxylation sites is 1. The van der Waals surface area contributed by atoms with E-state index >= 15 is 0 Å². The van der Waals surface area contributed by atoms with E-state index in [0.717, 1.165) is 5.56 Å². The van der Waals surface area contributed by atoms with E-state index in [1.165, 1.54) is 0 Å². The topological polar surface area (TPSA) is 101 Å². The average molecular weight is 415 g/mol. The number of aromatic nitrogens is 3. The summed E-state index contributed by atoms with van der Waals surface area (Å²) in [5.74, 6) is -0.342. The molecular weight excluding hydrogens is 394 g/mol. The molecule has 4 rings (SSSR count). The minimum Gasteiger partial charge on any atom is -0.496 e. The Morgan fingerprint density at radius 1 is 0.968 bits per heavy atom. The highest BCUT2D eigenvalue weighted by Gasteiger charge is 2.21.